The zero-order valence-electron chi connectivity index (χ0n) is 14.2. The molecule has 0 atom stereocenters. The fraction of sp³-hybridized carbons (Fsp3) is 0.294. The van der Waals surface area contributed by atoms with Crippen LogP contribution in [0.25, 0.3) is 17.2 Å². The van der Waals surface area contributed by atoms with Gasteiger partial charge in [-0.3, -0.25) is 9.08 Å². The number of hydrogen-bond donors (Lipinski definition) is 0. The van der Waals surface area contributed by atoms with Crippen LogP contribution in [0.3, 0.4) is 0 Å². The van der Waals surface area contributed by atoms with Gasteiger partial charge in [-0.2, -0.15) is 10.1 Å². The average Bonchev–Trinajstić information content (AvgIpc) is 3.23. The Balaban J connectivity index is 1.61. The maximum absolute atomic E-state index is 6.26. The summed E-state index contributed by atoms with van der Waals surface area (Å²) in [6.07, 6.45) is 3.32. The first-order valence-electron chi connectivity index (χ1n) is 7.99. The summed E-state index contributed by atoms with van der Waals surface area (Å²) >= 11 is 6.26. The van der Waals surface area contributed by atoms with E-state index in [2.05, 4.69) is 27.1 Å². The van der Waals surface area contributed by atoms with E-state index in [1.807, 2.05) is 47.4 Å². The molecular weight excluding hydrogens is 340 g/mol. The fourth-order valence-electron chi connectivity index (χ4n) is 3.03. The monoisotopic (exact) mass is 356 g/mol. The third-order valence-corrected chi connectivity index (χ3v) is 4.68. The lowest BCUT2D eigenvalue weighted by atomic mass is 10.1. The summed E-state index contributed by atoms with van der Waals surface area (Å²) < 4.78 is 9.16. The summed E-state index contributed by atoms with van der Waals surface area (Å²) in [7, 11) is 1.95. The Labute approximate surface area is 149 Å². The largest absolute Gasteiger partial charge is 0.339 e. The molecule has 0 N–H and O–H groups in total. The van der Waals surface area contributed by atoms with Crippen molar-refractivity contribution in [2.45, 2.75) is 26.7 Å². The molecule has 0 aromatic carbocycles. The Hall–Kier alpha value is -2.67. The number of hydrogen-bond acceptors (Lipinski definition) is 5. The maximum atomic E-state index is 6.26. The number of aromatic nitrogens is 6. The van der Waals surface area contributed by atoms with Gasteiger partial charge in [0.05, 0.1) is 5.69 Å². The molecule has 0 saturated heterocycles. The molecule has 4 heterocycles. The third-order valence-electron chi connectivity index (χ3n) is 4.42. The normalized spacial score (nSPS) is 11.5. The summed E-state index contributed by atoms with van der Waals surface area (Å²) in [5.74, 6) is 1.01. The van der Waals surface area contributed by atoms with Gasteiger partial charge in [0.25, 0.3) is 0 Å². The van der Waals surface area contributed by atoms with E-state index in [9.17, 15) is 0 Å². The van der Waals surface area contributed by atoms with Gasteiger partial charge < -0.3 is 4.52 Å². The van der Waals surface area contributed by atoms with Crippen molar-refractivity contribution in [3.63, 3.8) is 0 Å². The first-order valence-corrected chi connectivity index (χ1v) is 8.37. The van der Waals surface area contributed by atoms with Crippen molar-refractivity contribution in [1.29, 1.82) is 0 Å². The smallest absolute Gasteiger partial charge is 0.227 e. The molecular formula is C17H17ClN6O. The highest BCUT2D eigenvalue weighted by Gasteiger charge is 2.18. The number of aryl methyl sites for hydroxylation is 3. The quantitative estimate of drug-likeness (QED) is 0.561. The van der Waals surface area contributed by atoms with Crippen LogP contribution in [0.5, 0.6) is 0 Å². The highest BCUT2D eigenvalue weighted by molar-refractivity contribution is 6.32. The van der Waals surface area contributed by atoms with Gasteiger partial charge in [-0.15, -0.1) is 0 Å². The molecule has 4 rings (SSSR count). The predicted molar refractivity (Wildman–Crippen MR) is 93.6 cm³/mol. The van der Waals surface area contributed by atoms with Gasteiger partial charge in [0.15, 0.2) is 5.15 Å². The van der Waals surface area contributed by atoms with Gasteiger partial charge in [0, 0.05) is 25.4 Å². The van der Waals surface area contributed by atoms with Crippen molar-refractivity contribution in [2.75, 3.05) is 0 Å². The minimum absolute atomic E-state index is 0.359. The number of imidazole rings is 1. The molecule has 0 bridgehead atoms. The van der Waals surface area contributed by atoms with Crippen LogP contribution in [0, 0.1) is 13.8 Å². The SMILES string of the molecule is Cc1nn(C)c(C)c1CCc1nc(-c2c(Cl)nc3ccccn23)no1. The van der Waals surface area contributed by atoms with Gasteiger partial charge in [0.2, 0.25) is 11.7 Å². The summed E-state index contributed by atoms with van der Waals surface area (Å²) in [6, 6.07) is 5.69. The molecule has 0 aliphatic heterocycles. The lowest BCUT2D eigenvalue weighted by Gasteiger charge is -1.99. The Morgan fingerprint density at radius 1 is 1.16 bits per heavy atom. The topological polar surface area (TPSA) is 74.0 Å². The zero-order valence-corrected chi connectivity index (χ0v) is 14.9. The third kappa shape index (κ3) is 2.70. The summed E-state index contributed by atoms with van der Waals surface area (Å²) in [5.41, 5.74) is 4.79. The van der Waals surface area contributed by atoms with E-state index >= 15 is 0 Å². The van der Waals surface area contributed by atoms with Crippen molar-refractivity contribution in [3.8, 4) is 11.5 Å². The van der Waals surface area contributed by atoms with Crippen LogP contribution >= 0.6 is 11.6 Å². The number of fused-ring (bicyclic) bond motifs is 1. The second kappa shape index (κ2) is 6.00. The average molecular weight is 357 g/mol. The first-order chi connectivity index (χ1) is 12.0. The van der Waals surface area contributed by atoms with E-state index in [-0.39, 0.29) is 0 Å². The summed E-state index contributed by atoms with van der Waals surface area (Å²) in [6.45, 7) is 4.08. The molecule has 0 saturated carbocycles. The lowest BCUT2D eigenvalue weighted by molar-refractivity contribution is 0.378. The van der Waals surface area contributed by atoms with E-state index < -0.39 is 0 Å². The van der Waals surface area contributed by atoms with Gasteiger partial charge in [0.1, 0.15) is 11.3 Å². The number of halogens is 1. The van der Waals surface area contributed by atoms with Crippen molar-refractivity contribution in [1.82, 2.24) is 29.3 Å². The molecule has 25 heavy (non-hydrogen) atoms. The van der Waals surface area contributed by atoms with Crippen molar-refractivity contribution in [3.05, 3.63) is 52.4 Å². The van der Waals surface area contributed by atoms with Gasteiger partial charge in [-0.1, -0.05) is 22.8 Å². The van der Waals surface area contributed by atoms with E-state index in [4.69, 9.17) is 16.1 Å². The Morgan fingerprint density at radius 2 is 2.00 bits per heavy atom. The lowest BCUT2D eigenvalue weighted by Crippen LogP contribution is -1.97. The van der Waals surface area contributed by atoms with E-state index in [0.717, 1.165) is 23.5 Å². The van der Waals surface area contributed by atoms with Gasteiger partial charge >= 0.3 is 0 Å². The van der Waals surface area contributed by atoms with Gasteiger partial charge in [-0.25, -0.2) is 4.98 Å². The fourth-order valence-corrected chi connectivity index (χ4v) is 3.29. The Kier molecular flexibility index (Phi) is 3.80. The molecule has 4 aromatic rings. The Bertz CT molecular complexity index is 1060. The molecule has 128 valence electrons. The molecule has 0 aliphatic rings. The van der Waals surface area contributed by atoms with Crippen LogP contribution in [0.2, 0.25) is 5.15 Å². The molecule has 0 spiro atoms. The van der Waals surface area contributed by atoms with Crippen molar-refractivity contribution >= 4 is 17.2 Å². The molecule has 0 amide bonds. The minimum Gasteiger partial charge on any atom is -0.339 e. The van der Waals surface area contributed by atoms with Gasteiger partial charge in [-0.05, 0) is 38.0 Å². The molecule has 0 fully saturated rings. The molecule has 0 unspecified atom stereocenters. The van der Waals surface area contributed by atoms with Crippen LogP contribution in [0.4, 0.5) is 0 Å². The number of rotatable bonds is 4. The minimum atomic E-state index is 0.359. The van der Waals surface area contributed by atoms with Crippen LogP contribution in [-0.2, 0) is 19.9 Å². The molecule has 4 aromatic heterocycles. The molecule has 7 nitrogen and oxygen atoms in total. The predicted octanol–water partition coefficient (Wildman–Crippen LogP) is 3.17. The maximum Gasteiger partial charge on any atom is 0.227 e. The van der Waals surface area contributed by atoms with Crippen molar-refractivity contribution in [2.24, 2.45) is 7.05 Å². The summed E-state index contributed by atoms with van der Waals surface area (Å²) in [4.78, 5) is 8.81. The number of pyridine rings is 1. The highest BCUT2D eigenvalue weighted by atomic mass is 35.5. The molecule has 0 radical (unpaired) electrons. The van der Waals surface area contributed by atoms with E-state index in [1.165, 1.54) is 5.56 Å². The van der Waals surface area contributed by atoms with Crippen LogP contribution in [0.15, 0.2) is 28.9 Å². The number of nitrogens with zero attached hydrogens (tertiary/aromatic N) is 6. The van der Waals surface area contributed by atoms with E-state index in [1.54, 1.807) is 0 Å². The Morgan fingerprint density at radius 3 is 2.76 bits per heavy atom. The van der Waals surface area contributed by atoms with E-state index in [0.29, 0.717) is 29.0 Å². The molecule has 0 aliphatic carbocycles. The van der Waals surface area contributed by atoms with Crippen LogP contribution < -0.4 is 0 Å². The highest BCUT2D eigenvalue weighted by Crippen LogP contribution is 2.26. The standard InChI is InChI=1S/C17H17ClN6O/c1-10-12(11(2)23(3)21-10)7-8-14-20-17(22-25-14)15-16(18)19-13-6-4-5-9-24(13)15/h4-6,9H,7-8H2,1-3H3. The first kappa shape index (κ1) is 15.8. The van der Waals surface area contributed by atoms with Crippen LogP contribution in [0.1, 0.15) is 22.8 Å². The molecule has 8 heteroatoms. The second-order valence-corrected chi connectivity index (χ2v) is 6.32. The van der Waals surface area contributed by atoms with Crippen molar-refractivity contribution < 1.29 is 4.52 Å². The summed E-state index contributed by atoms with van der Waals surface area (Å²) in [5, 5.41) is 8.87. The van der Waals surface area contributed by atoms with Crippen LogP contribution in [-0.4, -0.2) is 29.3 Å². The second-order valence-electron chi connectivity index (χ2n) is 5.96. The zero-order chi connectivity index (χ0) is 17.6.